The predicted octanol–water partition coefficient (Wildman–Crippen LogP) is 5.62. The molecular weight excluding hydrogens is 460 g/mol. The number of carbonyl (C=O) groups excluding carboxylic acids is 1. The van der Waals surface area contributed by atoms with Crippen LogP contribution in [0, 0.1) is 0 Å². The Bertz CT molecular complexity index is 1040. The number of ether oxygens (including phenoxy) is 3. The molecule has 0 bridgehead atoms. The van der Waals surface area contributed by atoms with Crippen molar-refractivity contribution in [2.75, 3.05) is 25.6 Å². The minimum atomic E-state index is -0.259. The van der Waals surface area contributed by atoms with Crippen LogP contribution in [0.25, 0.3) is 0 Å². The predicted molar refractivity (Wildman–Crippen MR) is 126 cm³/mol. The van der Waals surface area contributed by atoms with Crippen molar-refractivity contribution >= 4 is 39.4 Å². The summed E-state index contributed by atoms with van der Waals surface area (Å²) in [6.45, 7) is 2.20. The van der Waals surface area contributed by atoms with Crippen LogP contribution in [0.3, 0.4) is 0 Å². The number of rotatable bonds is 9. The van der Waals surface area contributed by atoms with Crippen molar-refractivity contribution in [3.05, 3.63) is 76.8 Å². The molecule has 1 N–H and O–H groups in total. The molecule has 0 unspecified atom stereocenters. The molecule has 160 valence electrons. The number of benzene rings is 3. The molecular formula is C24H23BrN2O4. The van der Waals surface area contributed by atoms with E-state index in [1.165, 1.54) is 0 Å². The standard InChI is InChI=1S/C24H23BrN2O4/c1-3-30-22-14-17(15-26-18-9-11-20(29-2)12-10-18)13-21(25)24(22)31-16-23(28)27-19-7-5-4-6-8-19/h4-15H,3,16H2,1-2H3,(H,27,28). The smallest absolute Gasteiger partial charge is 0.262 e. The molecule has 1 amide bonds. The molecule has 0 atom stereocenters. The zero-order valence-electron chi connectivity index (χ0n) is 17.3. The second-order valence-corrected chi connectivity index (χ2v) is 7.28. The van der Waals surface area contributed by atoms with Crippen LogP contribution in [-0.2, 0) is 4.79 Å². The van der Waals surface area contributed by atoms with Gasteiger partial charge in [0.25, 0.3) is 5.91 Å². The number of aliphatic imine (C=N–C) groups is 1. The van der Waals surface area contributed by atoms with E-state index in [1.807, 2.05) is 73.7 Å². The van der Waals surface area contributed by atoms with Gasteiger partial charge >= 0.3 is 0 Å². The number of para-hydroxylation sites is 1. The van der Waals surface area contributed by atoms with Crippen LogP contribution in [0.15, 0.2) is 76.2 Å². The molecule has 3 aromatic rings. The SMILES string of the molecule is CCOc1cc(C=Nc2ccc(OC)cc2)cc(Br)c1OCC(=O)Nc1ccccc1. The highest BCUT2D eigenvalue weighted by Crippen LogP contribution is 2.36. The number of hydrogen-bond acceptors (Lipinski definition) is 5. The Hall–Kier alpha value is -3.32. The lowest BCUT2D eigenvalue weighted by Crippen LogP contribution is -2.20. The number of carbonyl (C=O) groups is 1. The van der Waals surface area contributed by atoms with Crippen LogP contribution in [0.2, 0.25) is 0 Å². The Morgan fingerprint density at radius 1 is 1.06 bits per heavy atom. The van der Waals surface area contributed by atoms with Gasteiger partial charge in [0.15, 0.2) is 18.1 Å². The fourth-order valence-corrected chi connectivity index (χ4v) is 3.31. The molecule has 0 aromatic heterocycles. The monoisotopic (exact) mass is 482 g/mol. The van der Waals surface area contributed by atoms with E-state index >= 15 is 0 Å². The van der Waals surface area contributed by atoms with E-state index in [1.54, 1.807) is 13.3 Å². The summed E-state index contributed by atoms with van der Waals surface area (Å²) in [5, 5.41) is 2.79. The number of anilines is 1. The number of methoxy groups -OCH3 is 1. The Balaban J connectivity index is 1.71. The first-order valence-electron chi connectivity index (χ1n) is 9.71. The Kier molecular flexibility index (Phi) is 8.06. The Labute approximate surface area is 190 Å². The maximum Gasteiger partial charge on any atom is 0.262 e. The molecule has 0 saturated heterocycles. The largest absolute Gasteiger partial charge is 0.497 e. The highest BCUT2D eigenvalue weighted by atomic mass is 79.9. The maximum absolute atomic E-state index is 12.2. The average Bonchev–Trinajstić information content (AvgIpc) is 2.78. The molecule has 0 radical (unpaired) electrons. The summed E-state index contributed by atoms with van der Waals surface area (Å²) in [6, 6.07) is 20.4. The van der Waals surface area contributed by atoms with Gasteiger partial charge in [-0.2, -0.15) is 0 Å². The van der Waals surface area contributed by atoms with Gasteiger partial charge in [-0.05, 0) is 76.9 Å². The molecule has 7 heteroatoms. The molecule has 0 spiro atoms. The van der Waals surface area contributed by atoms with Gasteiger partial charge in [0.2, 0.25) is 0 Å². The molecule has 0 aliphatic heterocycles. The van der Waals surface area contributed by atoms with E-state index in [4.69, 9.17) is 14.2 Å². The molecule has 31 heavy (non-hydrogen) atoms. The third-order valence-corrected chi connectivity index (χ3v) is 4.76. The van der Waals surface area contributed by atoms with Crippen LogP contribution >= 0.6 is 15.9 Å². The van der Waals surface area contributed by atoms with Crippen molar-refractivity contribution < 1.29 is 19.0 Å². The maximum atomic E-state index is 12.2. The van der Waals surface area contributed by atoms with Crippen molar-refractivity contribution in [2.45, 2.75) is 6.92 Å². The summed E-state index contributed by atoms with van der Waals surface area (Å²) in [5.74, 6) is 1.51. The van der Waals surface area contributed by atoms with E-state index in [0.29, 0.717) is 28.3 Å². The van der Waals surface area contributed by atoms with Gasteiger partial charge < -0.3 is 19.5 Å². The van der Waals surface area contributed by atoms with Crippen molar-refractivity contribution in [2.24, 2.45) is 4.99 Å². The number of amides is 1. The summed E-state index contributed by atoms with van der Waals surface area (Å²) in [7, 11) is 1.62. The molecule has 0 aliphatic carbocycles. The number of nitrogens with one attached hydrogen (secondary N) is 1. The average molecular weight is 483 g/mol. The molecule has 0 heterocycles. The molecule has 0 fully saturated rings. The van der Waals surface area contributed by atoms with Gasteiger partial charge in [-0.3, -0.25) is 9.79 Å². The number of hydrogen-bond donors (Lipinski definition) is 1. The lowest BCUT2D eigenvalue weighted by molar-refractivity contribution is -0.118. The first-order chi connectivity index (χ1) is 15.1. The minimum absolute atomic E-state index is 0.146. The summed E-state index contributed by atoms with van der Waals surface area (Å²) in [6.07, 6.45) is 1.74. The van der Waals surface area contributed by atoms with E-state index in [-0.39, 0.29) is 12.5 Å². The van der Waals surface area contributed by atoms with Gasteiger partial charge in [0, 0.05) is 11.9 Å². The summed E-state index contributed by atoms with van der Waals surface area (Å²) >= 11 is 3.52. The van der Waals surface area contributed by atoms with Gasteiger partial charge in [-0.15, -0.1) is 0 Å². The van der Waals surface area contributed by atoms with Gasteiger partial charge in [0.1, 0.15) is 5.75 Å². The zero-order valence-corrected chi connectivity index (χ0v) is 18.9. The third-order valence-electron chi connectivity index (χ3n) is 4.17. The van der Waals surface area contributed by atoms with Gasteiger partial charge in [0.05, 0.1) is 23.9 Å². The summed E-state index contributed by atoms with van der Waals surface area (Å²) in [4.78, 5) is 16.7. The van der Waals surface area contributed by atoms with Crippen molar-refractivity contribution in [3.8, 4) is 17.2 Å². The first kappa shape index (κ1) is 22.4. The topological polar surface area (TPSA) is 69.1 Å². The van der Waals surface area contributed by atoms with Crippen LogP contribution < -0.4 is 19.5 Å². The van der Waals surface area contributed by atoms with E-state index in [0.717, 1.165) is 17.0 Å². The Morgan fingerprint density at radius 3 is 2.48 bits per heavy atom. The first-order valence-corrected chi connectivity index (χ1v) is 10.5. The fraction of sp³-hybridized carbons (Fsp3) is 0.167. The third kappa shape index (κ3) is 6.58. The Morgan fingerprint density at radius 2 is 1.81 bits per heavy atom. The van der Waals surface area contributed by atoms with Crippen molar-refractivity contribution in [1.82, 2.24) is 0 Å². The fourth-order valence-electron chi connectivity index (χ4n) is 2.74. The van der Waals surface area contributed by atoms with E-state index in [9.17, 15) is 4.79 Å². The van der Waals surface area contributed by atoms with E-state index in [2.05, 4.69) is 26.2 Å². The van der Waals surface area contributed by atoms with Gasteiger partial charge in [-0.25, -0.2) is 0 Å². The molecule has 6 nitrogen and oxygen atoms in total. The number of nitrogens with zero attached hydrogens (tertiary/aromatic N) is 1. The van der Waals surface area contributed by atoms with Crippen LogP contribution in [0.1, 0.15) is 12.5 Å². The lowest BCUT2D eigenvalue weighted by atomic mass is 10.2. The second-order valence-electron chi connectivity index (χ2n) is 6.42. The van der Waals surface area contributed by atoms with Crippen LogP contribution in [0.4, 0.5) is 11.4 Å². The lowest BCUT2D eigenvalue weighted by Gasteiger charge is -2.14. The molecule has 3 rings (SSSR count). The summed E-state index contributed by atoms with van der Waals surface area (Å²) < 4.78 is 17.3. The highest BCUT2D eigenvalue weighted by molar-refractivity contribution is 9.10. The molecule has 0 saturated carbocycles. The molecule has 0 aliphatic rings. The quantitative estimate of drug-likeness (QED) is 0.401. The number of halogens is 1. The van der Waals surface area contributed by atoms with Crippen LogP contribution in [-0.4, -0.2) is 32.4 Å². The second kappa shape index (κ2) is 11.2. The van der Waals surface area contributed by atoms with E-state index < -0.39 is 0 Å². The summed E-state index contributed by atoms with van der Waals surface area (Å²) in [5.41, 5.74) is 2.34. The normalized spacial score (nSPS) is 10.7. The highest BCUT2D eigenvalue weighted by Gasteiger charge is 2.14. The minimum Gasteiger partial charge on any atom is -0.497 e. The van der Waals surface area contributed by atoms with Crippen molar-refractivity contribution in [1.29, 1.82) is 0 Å². The van der Waals surface area contributed by atoms with Gasteiger partial charge in [-0.1, -0.05) is 18.2 Å². The molecule has 3 aromatic carbocycles. The van der Waals surface area contributed by atoms with Crippen LogP contribution in [0.5, 0.6) is 17.2 Å². The van der Waals surface area contributed by atoms with Crippen molar-refractivity contribution in [3.63, 3.8) is 0 Å². The zero-order chi connectivity index (χ0) is 22.1.